The van der Waals surface area contributed by atoms with Crippen LogP contribution in [0.2, 0.25) is 0 Å². The number of aryl methyl sites for hydroxylation is 1. The van der Waals surface area contributed by atoms with E-state index in [1.807, 2.05) is 52.5 Å². The number of rotatable bonds is 5. The van der Waals surface area contributed by atoms with E-state index >= 15 is 0 Å². The molecule has 1 unspecified atom stereocenters. The lowest BCUT2D eigenvalue weighted by atomic mass is 9.78. The number of fused-ring (bicyclic) bond motifs is 4. The average Bonchev–Trinajstić information content (AvgIpc) is 3.40. The summed E-state index contributed by atoms with van der Waals surface area (Å²) in [5.41, 5.74) is 6.78. The molecule has 5 aromatic rings. The van der Waals surface area contributed by atoms with Crippen LogP contribution in [0.1, 0.15) is 34.0 Å². The Morgan fingerprint density at radius 1 is 0.757 bits per heavy atom. The number of esters is 1. The Kier molecular flexibility index (Phi) is 5.27. The van der Waals surface area contributed by atoms with E-state index in [0.717, 1.165) is 40.0 Å². The minimum Gasteiger partial charge on any atom is -0.440 e. The Morgan fingerprint density at radius 2 is 1.49 bits per heavy atom. The van der Waals surface area contributed by atoms with Gasteiger partial charge >= 0.3 is 5.97 Å². The molecule has 37 heavy (non-hydrogen) atoms. The third-order valence-corrected chi connectivity index (χ3v) is 7.63. The first-order chi connectivity index (χ1) is 17.9. The molecule has 0 saturated heterocycles. The zero-order valence-electron chi connectivity index (χ0n) is 21.9. The minimum absolute atomic E-state index is 0.298. The van der Waals surface area contributed by atoms with Crippen LogP contribution in [0.5, 0.6) is 0 Å². The van der Waals surface area contributed by atoms with E-state index in [4.69, 9.17) is 4.74 Å². The van der Waals surface area contributed by atoms with Crippen molar-refractivity contribution >= 4 is 39.1 Å². The van der Waals surface area contributed by atoms with Gasteiger partial charge in [0, 0.05) is 84.6 Å². The summed E-state index contributed by atoms with van der Waals surface area (Å²) in [6.45, 7) is 3.05. The van der Waals surface area contributed by atoms with Crippen LogP contribution in [0.15, 0.2) is 84.9 Å². The Hall–Kier alpha value is -4.25. The second-order valence-corrected chi connectivity index (χ2v) is 10.1. The summed E-state index contributed by atoms with van der Waals surface area (Å²) in [5, 5.41) is 2.36. The highest BCUT2D eigenvalue weighted by atomic mass is 16.6. The number of ether oxygens (including phenoxy) is 1. The van der Waals surface area contributed by atoms with Crippen LogP contribution in [0.4, 0.5) is 11.4 Å². The van der Waals surface area contributed by atoms with Gasteiger partial charge in [-0.15, -0.1) is 0 Å². The third-order valence-electron chi connectivity index (χ3n) is 7.63. The summed E-state index contributed by atoms with van der Waals surface area (Å²) in [6.07, 6.45) is 0. The molecule has 1 aliphatic rings. The molecule has 0 N–H and O–H groups in total. The number of nitrogens with zero attached hydrogens (tertiary/aromatic N) is 3. The van der Waals surface area contributed by atoms with Gasteiger partial charge in [-0.1, -0.05) is 48.5 Å². The fourth-order valence-electron chi connectivity index (χ4n) is 5.87. The van der Waals surface area contributed by atoms with E-state index in [9.17, 15) is 4.79 Å². The van der Waals surface area contributed by atoms with Gasteiger partial charge in [-0.05, 0) is 43.3 Å². The zero-order chi connectivity index (χ0) is 25.9. The van der Waals surface area contributed by atoms with Crippen molar-refractivity contribution in [3.8, 4) is 0 Å². The summed E-state index contributed by atoms with van der Waals surface area (Å²) < 4.78 is 8.83. The molecule has 5 heteroatoms. The van der Waals surface area contributed by atoms with Gasteiger partial charge in [0.1, 0.15) is 0 Å². The summed E-state index contributed by atoms with van der Waals surface area (Å²) >= 11 is 0. The average molecular weight is 490 g/mol. The predicted octanol–water partition coefficient (Wildman–Crippen LogP) is 6.41. The third kappa shape index (κ3) is 3.27. The number of hydrogen-bond acceptors (Lipinski definition) is 4. The van der Waals surface area contributed by atoms with Crippen molar-refractivity contribution in [1.82, 2.24) is 4.57 Å². The number of benzene rings is 4. The van der Waals surface area contributed by atoms with Crippen molar-refractivity contribution in [2.75, 3.05) is 38.0 Å². The van der Waals surface area contributed by atoms with E-state index in [-0.39, 0.29) is 5.97 Å². The highest BCUT2D eigenvalue weighted by Gasteiger charge is 2.50. The standard InChI is InChI=1S/C32H31N3O2/c1-6-35-28-14-10-8-11-23(28)25-19-21(15-18-29(25)35)32(26-13-9-7-12-24(26)31(36)37-32)27-17-16-22(33(2)3)20-30(27)34(4)5/h7-20H,6H2,1-5H3. The van der Waals surface area contributed by atoms with Crippen molar-refractivity contribution in [3.63, 3.8) is 0 Å². The molecule has 5 nitrogen and oxygen atoms in total. The molecule has 0 saturated carbocycles. The zero-order valence-corrected chi connectivity index (χ0v) is 21.9. The minimum atomic E-state index is -1.07. The molecule has 2 heterocycles. The van der Waals surface area contributed by atoms with Gasteiger partial charge in [-0.2, -0.15) is 0 Å². The first kappa shape index (κ1) is 23.2. The quantitative estimate of drug-likeness (QED) is 0.268. The van der Waals surface area contributed by atoms with E-state index in [2.05, 4.69) is 82.0 Å². The molecule has 0 aliphatic carbocycles. The number of aromatic nitrogens is 1. The maximum absolute atomic E-state index is 13.4. The molecule has 0 fully saturated rings. The first-order valence-corrected chi connectivity index (χ1v) is 12.7. The normalized spacial score (nSPS) is 16.7. The maximum Gasteiger partial charge on any atom is 0.340 e. The SMILES string of the molecule is CCn1c2ccccc2c2cc(C3(c4ccc(N(C)C)cc4N(C)C)OC(=O)c4ccccc43)ccc21. The largest absolute Gasteiger partial charge is 0.440 e. The molecule has 186 valence electrons. The van der Waals surface area contributed by atoms with Gasteiger partial charge in [-0.25, -0.2) is 4.79 Å². The van der Waals surface area contributed by atoms with E-state index in [1.54, 1.807) is 0 Å². The molecule has 1 aromatic heterocycles. The molecule has 0 amide bonds. The highest BCUT2D eigenvalue weighted by molar-refractivity contribution is 6.08. The Bertz CT molecular complexity index is 1680. The monoisotopic (exact) mass is 489 g/mol. The van der Waals surface area contributed by atoms with Gasteiger partial charge in [0.25, 0.3) is 0 Å². The van der Waals surface area contributed by atoms with Crippen molar-refractivity contribution in [2.24, 2.45) is 0 Å². The van der Waals surface area contributed by atoms with Gasteiger partial charge in [0.05, 0.1) is 5.56 Å². The highest BCUT2D eigenvalue weighted by Crippen LogP contribution is 2.51. The van der Waals surface area contributed by atoms with Gasteiger partial charge < -0.3 is 19.1 Å². The van der Waals surface area contributed by atoms with Crippen molar-refractivity contribution < 1.29 is 9.53 Å². The summed E-state index contributed by atoms with van der Waals surface area (Å²) in [5.74, 6) is -0.298. The van der Waals surface area contributed by atoms with Crippen LogP contribution >= 0.6 is 0 Å². The molecule has 6 rings (SSSR count). The second kappa shape index (κ2) is 8.41. The number of carbonyl (C=O) groups excluding carboxylic acids is 1. The number of carbonyl (C=O) groups is 1. The number of anilines is 2. The first-order valence-electron chi connectivity index (χ1n) is 12.7. The van der Waals surface area contributed by atoms with E-state index in [0.29, 0.717) is 5.56 Å². The molecular weight excluding hydrogens is 458 g/mol. The Labute approximate surface area is 217 Å². The maximum atomic E-state index is 13.4. The van der Waals surface area contributed by atoms with Crippen LogP contribution in [-0.4, -0.2) is 38.7 Å². The fraction of sp³-hybridized carbons (Fsp3) is 0.219. The molecular formula is C32H31N3O2. The van der Waals surface area contributed by atoms with Gasteiger partial charge in [-0.3, -0.25) is 0 Å². The molecule has 0 bridgehead atoms. The lowest BCUT2D eigenvalue weighted by molar-refractivity contribution is 0.0253. The number of cyclic esters (lactones) is 1. The summed E-state index contributed by atoms with van der Waals surface area (Å²) in [6, 6.07) is 29.2. The molecule has 0 radical (unpaired) electrons. The predicted molar refractivity (Wildman–Crippen MR) is 152 cm³/mol. The second-order valence-electron chi connectivity index (χ2n) is 10.1. The van der Waals surface area contributed by atoms with Crippen LogP contribution in [0.25, 0.3) is 21.8 Å². The van der Waals surface area contributed by atoms with Crippen molar-refractivity contribution in [3.05, 3.63) is 107 Å². The number of hydrogen-bond donors (Lipinski definition) is 0. The summed E-state index contributed by atoms with van der Waals surface area (Å²) in [7, 11) is 8.14. The topological polar surface area (TPSA) is 37.7 Å². The van der Waals surface area contributed by atoms with E-state index in [1.165, 1.54) is 16.4 Å². The fourth-order valence-corrected chi connectivity index (χ4v) is 5.87. The Morgan fingerprint density at radius 3 is 2.24 bits per heavy atom. The molecule has 1 aliphatic heterocycles. The molecule has 1 atom stereocenters. The van der Waals surface area contributed by atoms with Crippen LogP contribution < -0.4 is 9.80 Å². The van der Waals surface area contributed by atoms with Crippen LogP contribution in [0.3, 0.4) is 0 Å². The summed E-state index contributed by atoms with van der Waals surface area (Å²) in [4.78, 5) is 17.5. The smallest absolute Gasteiger partial charge is 0.340 e. The van der Waals surface area contributed by atoms with Crippen LogP contribution in [-0.2, 0) is 16.9 Å². The number of para-hydroxylation sites is 1. The van der Waals surface area contributed by atoms with Gasteiger partial charge in [0.2, 0.25) is 0 Å². The van der Waals surface area contributed by atoms with E-state index < -0.39 is 5.60 Å². The lowest BCUT2D eigenvalue weighted by Crippen LogP contribution is -2.32. The molecule has 0 spiro atoms. The van der Waals surface area contributed by atoms with Gasteiger partial charge in [0.15, 0.2) is 5.60 Å². The Balaban J connectivity index is 1.72. The van der Waals surface area contributed by atoms with Crippen molar-refractivity contribution in [1.29, 1.82) is 0 Å². The van der Waals surface area contributed by atoms with Crippen LogP contribution in [0, 0.1) is 0 Å². The van der Waals surface area contributed by atoms with Crippen molar-refractivity contribution in [2.45, 2.75) is 19.1 Å². The molecule has 4 aromatic carbocycles. The lowest BCUT2D eigenvalue weighted by Gasteiger charge is -2.34.